The van der Waals surface area contributed by atoms with Crippen LogP contribution in [0.25, 0.3) is 0 Å². The molecule has 0 unspecified atom stereocenters. The quantitative estimate of drug-likeness (QED) is 0.902. The molecular weight excluding hydrogens is 272 g/mol. The van der Waals surface area contributed by atoms with Gasteiger partial charge < -0.3 is 5.32 Å². The van der Waals surface area contributed by atoms with E-state index in [9.17, 15) is 0 Å². The molecule has 1 atom stereocenters. The molecule has 0 spiro atoms. The number of aliphatic imine (C=N–C) groups is 1. The Morgan fingerprint density at radius 1 is 1.40 bits per heavy atom. The molecule has 0 bridgehead atoms. The Morgan fingerprint density at radius 2 is 2.13 bits per heavy atom. The Balaban J connectivity index is 2.00. The predicted octanol–water partition coefficient (Wildman–Crippen LogP) is 3.20. The maximum atomic E-state index is 4.38. The van der Waals surface area contributed by atoms with Crippen LogP contribution in [0.1, 0.15) is 18.5 Å². The number of benzene rings is 1. The lowest BCUT2D eigenvalue weighted by molar-refractivity contribution is 0.723. The van der Waals surface area contributed by atoms with Gasteiger partial charge in [-0.25, -0.2) is 0 Å². The van der Waals surface area contributed by atoms with Gasteiger partial charge in [-0.15, -0.1) is 0 Å². The van der Waals surface area contributed by atoms with E-state index in [2.05, 4.69) is 57.4 Å². The van der Waals surface area contributed by atoms with Crippen molar-refractivity contribution in [3.05, 3.63) is 34.3 Å². The van der Waals surface area contributed by atoms with Crippen LogP contribution < -0.4 is 5.32 Å². The van der Waals surface area contributed by atoms with Gasteiger partial charge in [-0.2, -0.15) is 0 Å². The van der Waals surface area contributed by atoms with Gasteiger partial charge in [-0.1, -0.05) is 39.8 Å². The minimum absolute atomic E-state index is 0.322. The largest absolute Gasteiger partial charge is 0.358 e. The lowest BCUT2D eigenvalue weighted by Crippen LogP contribution is -2.22. The summed E-state index contributed by atoms with van der Waals surface area (Å²) in [6, 6.07) is 8.71. The first-order valence-corrected chi connectivity index (χ1v) is 6.73. The third kappa shape index (κ3) is 2.98. The van der Waals surface area contributed by atoms with E-state index in [1.54, 1.807) is 11.8 Å². The third-order valence-electron chi connectivity index (χ3n) is 2.30. The Kier molecular flexibility index (Phi) is 3.70. The summed E-state index contributed by atoms with van der Waals surface area (Å²) < 4.78 is 1.12. The maximum absolute atomic E-state index is 4.38. The van der Waals surface area contributed by atoms with Crippen molar-refractivity contribution in [3.63, 3.8) is 0 Å². The van der Waals surface area contributed by atoms with Crippen LogP contribution >= 0.6 is 27.7 Å². The van der Waals surface area contributed by atoms with Crippen molar-refractivity contribution in [2.75, 3.05) is 12.3 Å². The molecule has 1 aliphatic heterocycles. The molecule has 0 radical (unpaired) electrons. The zero-order valence-electron chi connectivity index (χ0n) is 8.53. The summed E-state index contributed by atoms with van der Waals surface area (Å²) >= 11 is 5.23. The average molecular weight is 285 g/mol. The molecule has 2 rings (SSSR count). The normalized spacial score (nSPS) is 17.3. The maximum Gasteiger partial charge on any atom is 0.157 e. The molecule has 0 aliphatic carbocycles. The minimum atomic E-state index is 0.322. The molecule has 1 aromatic rings. The number of thioether (sulfide) groups is 1. The van der Waals surface area contributed by atoms with E-state index in [4.69, 9.17) is 0 Å². The van der Waals surface area contributed by atoms with E-state index >= 15 is 0 Å². The van der Waals surface area contributed by atoms with Gasteiger partial charge in [0.1, 0.15) is 0 Å². The van der Waals surface area contributed by atoms with Crippen molar-refractivity contribution in [3.8, 4) is 0 Å². The van der Waals surface area contributed by atoms with E-state index < -0.39 is 0 Å². The Hall–Kier alpha value is -0.480. The second kappa shape index (κ2) is 5.03. The lowest BCUT2D eigenvalue weighted by atomic mass is 10.1. The predicted molar refractivity (Wildman–Crippen MR) is 70.5 cm³/mol. The average Bonchev–Trinajstić information content (AvgIpc) is 2.71. The molecule has 0 fully saturated rings. The van der Waals surface area contributed by atoms with Crippen LogP contribution in [0, 0.1) is 0 Å². The van der Waals surface area contributed by atoms with Crippen LogP contribution in [0.4, 0.5) is 0 Å². The number of hydrogen-bond donors (Lipinski definition) is 1. The second-order valence-corrected chi connectivity index (χ2v) is 5.45. The topological polar surface area (TPSA) is 24.4 Å². The van der Waals surface area contributed by atoms with Crippen molar-refractivity contribution >= 4 is 32.9 Å². The summed E-state index contributed by atoms with van der Waals surface area (Å²) in [7, 11) is 0. The standard InChI is InChI=1S/C11H13BrN2S/c1-8(14-11-13-6-7-15-11)9-2-4-10(12)5-3-9/h2-5,8H,6-7H2,1H3,(H,13,14)/t8-/m0/s1. The van der Waals surface area contributed by atoms with Gasteiger partial charge >= 0.3 is 0 Å². The highest BCUT2D eigenvalue weighted by atomic mass is 79.9. The summed E-state index contributed by atoms with van der Waals surface area (Å²) in [5.74, 6) is 1.11. The van der Waals surface area contributed by atoms with Crippen LogP contribution in [0.15, 0.2) is 33.7 Å². The number of nitrogens with zero attached hydrogens (tertiary/aromatic N) is 1. The van der Waals surface area contributed by atoms with Crippen LogP contribution in [0.2, 0.25) is 0 Å². The molecule has 0 aromatic heterocycles. The van der Waals surface area contributed by atoms with Gasteiger partial charge in [0.15, 0.2) is 5.17 Å². The molecule has 0 amide bonds. The number of nitrogens with one attached hydrogen (secondary N) is 1. The SMILES string of the molecule is C[C@H](NC1=NCCS1)c1ccc(Br)cc1. The van der Waals surface area contributed by atoms with Gasteiger partial charge in [-0.3, -0.25) is 4.99 Å². The fraction of sp³-hybridized carbons (Fsp3) is 0.364. The summed E-state index contributed by atoms with van der Waals surface area (Å²) in [6.07, 6.45) is 0. The molecule has 1 aromatic carbocycles. The van der Waals surface area contributed by atoms with E-state index in [0.29, 0.717) is 6.04 Å². The Bertz CT molecular complexity index is 361. The Morgan fingerprint density at radius 3 is 2.73 bits per heavy atom. The number of rotatable bonds is 2. The van der Waals surface area contributed by atoms with Gasteiger partial charge in [0.05, 0.1) is 12.6 Å². The molecule has 1 heterocycles. The summed E-state index contributed by atoms with van der Waals surface area (Å²) in [6.45, 7) is 3.10. The fourth-order valence-corrected chi connectivity index (χ4v) is 2.53. The van der Waals surface area contributed by atoms with E-state index in [1.165, 1.54) is 5.56 Å². The smallest absolute Gasteiger partial charge is 0.157 e. The lowest BCUT2D eigenvalue weighted by Gasteiger charge is -2.14. The Labute approximate surface area is 103 Å². The zero-order valence-corrected chi connectivity index (χ0v) is 10.9. The summed E-state index contributed by atoms with van der Waals surface area (Å²) in [5, 5.41) is 4.49. The summed E-state index contributed by atoms with van der Waals surface area (Å²) in [5.41, 5.74) is 1.29. The number of hydrogen-bond acceptors (Lipinski definition) is 3. The van der Waals surface area contributed by atoms with Crippen LogP contribution in [-0.4, -0.2) is 17.5 Å². The number of halogens is 1. The molecule has 0 saturated carbocycles. The highest BCUT2D eigenvalue weighted by Crippen LogP contribution is 2.19. The van der Waals surface area contributed by atoms with Crippen LogP contribution in [0.5, 0.6) is 0 Å². The second-order valence-electron chi connectivity index (χ2n) is 3.45. The molecule has 15 heavy (non-hydrogen) atoms. The van der Waals surface area contributed by atoms with Crippen molar-refractivity contribution in [1.29, 1.82) is 0 Å². The number of amidine groups is 1. The zero-order chi connectivity index (χ0) is 10.7. The van der Waals surface area contributed by atoms with Crippen molar-refractivity contribution in [1.82, 2.24) is 5.32 Å². The van der Waals surface area contributed by atoms with Gasteiger partial charge in [0.2, 0.25) is 0 Å². The molecule has 80 valence electrons. The van der Waals surface area contributed by atoms with Crippen molar-refractivity contribution in [2.24, 2.45) is 4.99 Å². The van der Waals surface area contributed by atoms with Crippen molar-refractivity contribution < 1.29 is 0 Å². The third-order valence-corrected chi connectivity index (χ3v) is 3.73. The van der Waals surface area contributed by atoms with Gasteiger partial charge in [0.25, 0.3) is 0 Å². The van der Waals surface area contributed by atoms with E-state index in [-0.39, 0.29) is 0 Å². The molecule has 0 saturated heterocycles. The van der Waals surface area contributed by atoms with Gasteiger partial charge in [-0.05, 0) is 24.6 Å². The monoisotopic (exact) mass is 284 g/mol. The van der Waals surface area contributed by atoms with Crippen molar-refractivity contribution in [2.45, 2.75) is 13.0 Å². The first kappa shape index (κ1) is 11.0. The highest BCUT2D eigenvalue weighted by molar-refractivity contribution is 9.10. The first-order chi connectivity index (χ1) is 7.25. The van der Waals surface area contributed by atoms with Crippen LogP contribution in [-0.2, 0) is 0 Å². The molecule has 1 N–H and O–H groups in total. The fourth-order valence-electron chi connectivity index (χ4n) is 1.44. The van der Waals surface area contributed by atoms with Crippen LogP contribution in [0.3, 0.4) is 0 Å². The summed E-state index contributed by atoms with van der Waals surface area (Å²) in [4.78, 5) is 4.38. The molecular formula is C11H13BrN2S. The molecule has 4 heteroatoms. The van der Waals surface area contributed by atoms with Gasteiger partial charge in [0, 0.05) is 10.2 Å². The molecule has 2 nitrogen and oxygen atoms in total. The minimum Gasteiger partial charge on any atom is -0.358 e. The van der Waals surface area contributed by atoms with E-state index in [0.717, 1.165) is 21.9 Å². The van der Waals surface area contributed by atoms with E-state index in [1.807, 2.05) is 0 Å². The molecule has 1 aliphatic rings. The highest BCUT2D eigenvalue weighted by Gasteiger charge is 2.11. The first-order valence-electron chi connectivity index (χ1n) is 4.95.